The second-order valence-corrected chi connectivity index (χ2v) is 8.22. The smallest absolute Gasteiger partial charge is 0.260 e. The third-order valence-electron chi connectivity index (χ3n) is 4.87. The van der Waals surface area contributed by atoms with E-state index in [1.54, 1.807) is 18.4 Å². The number of furan rings is 1. The number of nitrogens with one attached hydrogen (secondary N) is 1. The first-order chi connectivity index (χ1) is 12.3. The van der Waals surface area contributed by atoms with Crippen LogP contribution in [-0.4, -0.2) is 40.8 Å². The summed E-state index contributed by atoms with van der Waals surface area (Å²) in [4.78, 5) is 31.0. The Balaban J connectivity index is 1.59. The number of piperidine rings is 1. The van der Waals surface area contributed by atoms with Gasteiger partial charge in [0.1, 0.15) is 5.76 Å². The summed E-state index contributed by atoms with van der Waals surface area (Å²) in [6.45, 7) is 7.24. The van der Waals surface area contributed by atoms with E-state index in [4.69, 9.17) is 10.2 Å². The van der Waals surface area contributed by atoms with Crippen molar-refractivity contribution in [2.24, 2.45) is 11.1 Å². The van der Waals surface area contributed by atoms with Crippen LogP contribution in [0.2, 0.25) is 0 Å². The number of thiazole rings is 1. The molecule has 1 atom stereocenters. The minimum Gasteiger partial charge on any atom is -0.469 e. The first kappa shape index (κ1) is 18.6. The van der Waals surface area contributed by atoms with Crippen molar-refractivity contribution in [1.29, 1.82) is 0 Å². The number of carbonyl (C=O) groups excluding carboxylic acids is 2. The summed E-state index contributed by atoms with van der Waals surface area (Å²) >= 11 is 1.31. The number of aryl methyl sites for hydroxylation is 1. The Morgan fingerprint density at radius 3 is 2.92 bits per heavy atom. The molecule has 1 unspecified atom stereocenters. The highest BCUT2D eigenvalue weighted by atomic mass is 32.1. The van der Waals surface area contributed by atoms with Gasteiger partial charge in [-0.1, -0.05) is 13.8 Å². The van der Waals surface area contributed by atoms with Crippen molar-refractivity contribution in [3.63, 3.8) is 0 Å². The van der Waals surface area contributed by atoms with E-state index in [-0.39, 0.29) is 29.7 Å². The normalized spacial score (nSPS) is 19.4. The number of likely N-dealkylation sites (tertiary alicyclic amines) is 1. The molecule has 1 saturated heterocycles. The number of amides is 2. The van der Waals surface area contributed by atoms with Crippen LogP contribution >= 0.6 is 11.3 Å². The van der Waals surface area contributed by atoms with E-state index < -0.39 is 0 Å². The first-order valence-corrected chi connectivity index (χ1v) is 9.47. The highest BCUT2D eigenvalue weighted by Crippen LogP contribution is 2.28. The second kappa shape index (κ2) is 7.20. The van der Waals surface area contributed by atoms with Crippen molar-refractivity contribution in [2.45, 2.75) is 39.7 Å². The van der Waals surface area contributed by atoms with Crippen molar-refractivity contribution in [3.8, 4) is 0 Å². The van der Waals surface area contributed by atoms with Gasteiger partial charge in [0.05, 0.1) is 23.9 Å². The first-order valence-electron chi connectivity index (χ1n) is 8.59. The minimum absolute atomic E-state index is 0.0406. The molecule has 1 fully saturated rings. The average molecular weight is 376 g/mol. The fourth-order valence-electron chi connectivity index (χ4n) is 3.08. The SMILES string of the molecule is Cc1occc1C(=O)Nc1nc(CC(=O)N2CCC(N)C(C)(C)C2)cs1. The third-order valence-corrected chi connectivity index (χ3v) is 5.68. The molecule has 3 N–H and O–H groups in total. The number of hydrogen-bond donors (Lipinski definition) is 2. The van der Waals surface area contributed by atoms with Gasteiger partial charge in [-0.3, -0.25) is 14.9 Å². The number of anilines is 1. The summed E-state index contributed by atoms with van der Waals surface area (Å²) in [6.07, 6.45) is 2.51. The van der Waals surface area contributed by atoms with Gasteiger partial charge in [0.15, 0.2) is 5.13 Å². The molecule has 0 bridgehead atoms. The van der Waals surface area contributed by atoms with Gasteiger partial charge in [0.2, 0.25) is 5.91 Å². The van der Waals surface area contributed by atoms with E-state index in [1.165, 1.54) is 17.6 Å². The molecule has 3 heterocycles. The summed E-state index contributed by atoms with van der Waals surface area (Å²) in [7, 11) is 0. The zero-order valence-electron chi connectivity index (χ0n) is 15.2. The van der Waals surface area contributed by atoms with Gasteiger partial charge in [0.25, 0.3) is 5.91 Å². The molecule has 3 rings (SSSR count). The molecule has 0 saturated carbocycles. The third kappa shape index (κ3) is 3.96. The van der Waals surface area contributed by atoms with E-state index >= 15 is 0 Å². The Kier molecular flexibility index (Phi) is 5.15. The lowest BCUT2D eigenvalue weighted by atomic mass is 9.79. The summed E-state index contributed by atoms with van der Waals surface area (Å²) in [6, 6.07) is 1.73. The number of rotatable bonds is 4. The fraction of sp³-hybridized carbons (Fsp3) is 0.500. The Morgan fingerprint density at radius 2 is 2.27 bits per heavy atom. The summed E-state index contributed by atoms with van der Waals surface area (Å²) in [5.74, 6) is 0.328. The van der Waals surface area contributed by atoms with Crippen molar-refractivity contribution in [3.05, 3.63) is 34.7 Å². The second-order valence-electron chi connectivity index (χ2n) is 7.36. The molecule has 0 spiro atoms. The van der Waals surface area contributed by atoms with E-state index in [0.29, 0.717) is 35.2 Å². The van der Waals surface area contributed by atoms with E-state index in [0.717, 1.165) is 6.42 Å². The van der Waals surface area contributed by atoms with Crippen LogP contribution in [-0.2, 0) is 11.2 Å². The van der Waals surface area contributed by atoms with Gasteiger partial charge >= 0.3 is 0 Å². The van der Waals surface area contributed by atoms with Gasteiger partial charge in [-0.05, 0) is 24.8 Å². The Morgan fingerprint density at radius 1 is 1.50 bits per heavy atom. The monoisotopic (exact) mass is 376 g/mol. The van der Waals surface area contributed by atoms with Crippen LogP contribution in [0.1, 0.15) is 42.1 Å². The van der Waals surface area contributed by atoms with Crippen molar-refractivity contribution < 1.29 is 14.0 Å². The molecule has 7 nitrogen and oxygen atoms in total. The van der Waals surface area contributed by atoms with Crippen LogP contribution in [0.5, 0.6) is 0 Å². The Bertz CT molecular complexity index is 811. The average Bonchev–Trinajstić information content (AvgIpc) is 3.18. The molecule has 0 aliphatic carbocycles. The van der Waals surface area contributed by atoms with Crippen LogP contribution in [0.4, 0.5) is 5.13 Å². The topological polar surface area (TPSA) is 101 Å². The molecule has 1 aliphatic rings. The number of nitrogens with zero attached hydrogens (tertiary/aromatic N) is 2. The molecular formula is C18H24N4O3S. The highest BCUT2D eigenvalue weighted by molar-refractivity contribution is 7.14. The molecule has 0 radical (unpaired) electrons. The van der Waals surface area contributed by atoms with Crippen molar-refractivity contribution in [1.82, 2.24) is 9.88 Å². The number of carbonyl (C=O) groups is 2. The zero-order chi connectivity index (χ0) is 18.9. The lowest BCUT2D eigenvalue weighted by Crippen LogP contribution is -2.54. The number of aromatic nitrogens is 1. The maximum Gasteiger partial charge on any atom is 0.260 e. The fourth-order valence-corrected chi connectivity index (χ4v) is 3.79. The maximum absolute atomic E-state index is 12.6. The summed E-state index contributed by atoms with van der Waals surface area (Å²) in [5.41, 5.74) is 7.18. The van der Waals surface area contributed by atoms with E-state index in [9.17, 15) is 9.59 Å². The standard InChI is InChI=1S/C18H24N4O3S/c1-11-13(5-7-25-11)16(24)21-17-20-12(9-26-17)8-15(23)22-6-4-14(19)18(2,3)10-22/h5,7,9,14H,4,6,8,10,19H2,1-3H3,(H,20,21,24). The van der Waals surface area contributed by atoms with Crippen LogP contribution in [0.3, 0.4) is 0 Å². The molecule has 26 heavy (non-hydrogen) atoms. The predicted octanol–water partition coefficient (Wildman–Crippen LogP) is 2.43. The summed E-state index contributed by atoms with van der Waals surface area (Å²) in [5, 5.41) is 5.02. The van der Waals surface area contributed by atoms with Crippen molar-refractivity contribution in [2.75, 3.05) is 18.4 Å². The molecule has 0 aromatic carbocycles. The molecule has 2 amide bonds. The molecule has 2 aromatic rings. The molecule has 1 aliphatic heterocycles. The number of hydrogen-bond acceptors (Lipinski definition) is 6. The van der Waals surface area contributed by atoms with Gasteiger partial charge in [-0.15, -0.1) is 11.3 Å². The quantitative estimate of drug-likeness (QED) is 0.853. The lowest BCUT2D eigenvalue weighted by Gasteiger charge is -2.42. The number of nitrogens with two attached hydrogens (primary N) is 1. The van der Waals surface area contributed by atoms with E-state index in [1.807, 2.05) is 4.90 Å². The highest BCUT2D eigenvalue weighted by Gasteiger charge is 2.35. The van der Waals surface area contributed by atoms with Crippen LogP contribution in [0, 0.1) is 12.3 Å². The van der Waals surface area contributed by atoms with Gasteiger partial charge in [-0.25, -0.2) is 4.98 Å². The molecule has 8 heteroatoms. The van der Waals surface area contributed by atoms with Crippen LogP contribution in [0.25, 0.3) is 0 Å². The molecule has 140 valence electrons. The van der Waals surface area contributed by atoms with Gasteiger partial charge in [0, 0.05) is 24.5 Å². The Labute approximate surface area is 156 Å². The molecule has 2 aromatic heterocycles. The Hall–Kier alpha value is -2.19. The predicted molar refractivity (Wildman–Crippen MR) is 100 cm³/mol. The largest absolute Gasteiger partial charge is 0.469 e. The van der Waals surface area contributed by atoms with Crippen LogP contribution in [0.15, 0.2) is 22.1 Å². The summed E-state index contributed by atoms with van der Waals surface area (Å²) < 4.78 is 5.14. The minimum atomic E-state index is -0.268. The van der Waals surface area contributed by atoms with Gasteiger partial charge < -0.3 is 15.1 Å². The van der Waals surface area contributed by atoms with Crippen molar-refractivity contribution >= 4 is 28.3 Å². The molecular weight excluding hydrogens is 352 g/mol. The van der Waals surface area contributed by atoms with E-state index in [2.05, 4.69) is 24.1 Å². The van der Waals surface area contributed by atoms with Gasteiger partial charge in [-0.2, -0.15) is 0 Å². The van der Waals surface area contributed by atoms with Crippen LogP contribution < -0.4 is 11.1 Å². The zero-order valence-corrected chi connectivity index (χ0v) is 16.1. The maximum atomic E-state index is 12.6. The lowest BCUT2D eigenvalue weighted by molar-refractivity contribution is -0.133.